The van der Waals surface area contributed by atoms with E-state index in [0.29, 0.717) is 10.1 Å². The highest BCUT2D eigenvalue weighted by atomic mass is 32.2. The molecule has 1 aromatic carbocycles. The summed E-state index contributed by atoms with van der Waals surface area (Å²) in [6.07, 6.45) is 2.24. The van der Waals surface area contributed by atoms with Crippen LogP contribution < -0.4 is 4.72 Å². The Labute approximate surface area is 147 Å². The third-order valence-electron chi connectivity index (χ3n) is 3.63. The number of aromatic nitrogens is 2. The molecular weight excluding hydrogens is 370 g/mol. The fourth-order valence-electron chi connectivity index (χ4n) is 2.37. The Morgan fingerprint density at radius 3 is 2.85 bits per heavy atom. The van der Waals surface area contributed by atoms with Gasteiger partial charge in [-0.1, -0.05) is 12.1 Å². The number of hydrogen-bond acceptors (Lipinski definition) is 6. The van der Waals surface area contributed by atoms with Gasteiger partial charge in [-0.05, 0) is 19.1 Å². The summed E-state index contributed by atoms with van der Waals surface area (Å²) in [6.45, 7) is -1.84. The number of esters is 1. The summed E-state index contributed by atoms with van der Waals surface area (Å²) in [7, 11) is -3.72. The van der Waals surface area contributed by atoms with Crippen molar-refractivity contribution < 1.29 is 26.7 Å². The highest BCUT2D eigenvalue weighted by molar-refractivity contribution is 7.90. The number of halogens is 2. The summed E-state index contributed by atoms with van der Waals surface area (Å²) in [5.74, 6) is -0.885. The molecule has 0 saturated carbocycles. The number of nitrogens with zero attached hydrogens (tertiary/aromatic N) is 3. The Morgan fingerprint density at radius 2 is 2.12 bits per heavy atom. The van der Waals surface area contributed by atoms with Gasteiger partial charge in [0.1, 0.15) is 18.5 Å². The maximum Gasteiger partial charge on any atom is 0.331 e. The van der Waals surface area contributed by atoms with E-state index in [4.69, 9.17) is 4.74 Å². The predicted molar refractivity (Wildman–Crippen MR) is 86.0 cm³/mol. The van der Waals surface area contributed by atoms with E-state index in [0.717, 1.165) is 6.20 Å². The number of carbonyl (C=O) groups excluding carboxylic acids is 1. The first-order chi connectivity index (χ1) is 12.3. The van der Waals surface area contributed by atoms with E-state index in [2.05, 4.69) is 14.7 Å². The highest BCUT2D eigenvalue weighted by Crippen LogP contribution is 2.22. The van der Waals surface area contributed by atoms with Gasteiger partial charge in [-0.2, -0.15) is 8.78 Å². The number of aliphatic imine (C=N–C) groups is 1. The van der Waals surface area contributed by atoms with E-state index in [-0.39, 0.29) is 16.6 Å². The molecule has 1 aliphatic heterocycles. The number of benzene rings is 1. The Morgan fingerprint density at radius 1 is 1.38 bits per heavy atom. The van der Waals surface area contributed by atoms with Crippen molar-refractivity contribution in [3.8, 4) is 0 Å². The number of carbonyl (C=O) groups is 1. The SMILES string of the molecule is C[C@H](N=C1NS(=O)(=O)c2ccccc21)C(=O)OCc1nccn1C(F)F. The normalized spacial score (nSPS) is 17.8. The second-order valence-corrected chi connectivity index (χ2v) is 7.04. The lowest BCUT2D eigenvalue weighted by molar-refractivity contribution is -0.146. The molecule has 0 spiro atoms. The lowest BCUT2D eigenvalue weighted by atomic mass is 10.2. The van der Waals surface area contributed by atoms with Crippen LogP contribution in [0.4, 0.5) is 8.78 Å². The molecule has 0 amide bonds. The summed E-state index contributed by atoms with van der Waals surface area (Å²) >= 11 is 0. The van der Waals surface area contributed by atoms with Gasteiger partial charge < -0.3 is 4.74 Å². The first-order valence-electron chi connectivity index (χ1n) is 7.46. The summed E-state index contributed by atoms with van der Waals surface area (Å²) in [6, 6.07) is 5.15. The molecule has 3 rings (SSSR count). The molecule has 11 heteroatoms. The second kappa shape index (κ2) is 6.83. The number of imidazole rings is 1. The zero-order valence-electron chi connectivity index (χ0n) is 13.5. The number of nitrogens with one attached hydrogen (secondary N) is 1. The van der Waals surface area contributed by atoms with E-state index in [1.807, 2.05) is 0 Å². The minimum absolute atomic E-state index is 0.0270. The number of rotatable bonds is 5. The van der Waals surface area contributed by atoms with Crippen molar-refractivity contribution in [3.05, 3.63) is 48.0 Å². The maximum absolute atomic E-state index is 12.7. The van der Waals surface area contributed by atoms with E-state index in [1.165, 1.54) is 19.2 Å². The van der Waals surface area contributed by atoms with Crippen LogP contribution >= 0.6 is 0 Å². The third kappa shape index (κ3) is 3.43. The maximum atomic E-state index is 12.7. The van der Waals surface area contributed by atoms with Crippen LogP contribution in [0.1, 0.15) is 24.9 Å². The van der Waals surface area contributed by atoms with Crippen molar-refractivity contribution in [2.24, 2.45) is 4.99 Å². The number of sulfonamides is 1. The minimum atomic E-state index is -3.72. The molecule has 26 heavy (non-hydrogen) atoms. The summed E-state index contributed by atoms with van der Waals surface area (Å²) in [4.78, 5) is 19.9. The van der Waals surface area contributed by atoms with Crippen LogP contribution in [0.5, 0.6) is 0 Å². The number of amidine groups is 1. The van der Waals surface area contributed by atoms with Crippen LogP contribution in [0.15, 0.2) is 46.5 Å². The standard InChI is InChI=1S/C15H14F2N4O4S/c1-9(14(22)25-8-12-18-6-7-21(12)15(16)17)19-13-10-4-2-3-5-11(10)26(23,24)20-13/h2-7,9,15H,8H2,1H3,(H,19,20)/t9-/m0/s1. The Bertz CT molecular complexity index is 972. The van der Waals surface area contributed by atoms with Crippen molar-refractivity contribution in [1.82, 2.24) is 14.3 Å². The van der Waals surface area contributed by atoms with Gasteiger partial charge in [0, 0.05) is 18.0 Å². The quantitative estimate of drug-likeness (QED) is 0.786. The topological polar surface area (TPSA) is 103 Å². The summed E-state index contributed by atoms with van der Waals surface area (Å²) < 4.78 is 57.3. The van der Waals surface area contributed by atoms with Crippen LogP contribution in [0.25, 0.3) is 0 Å². The highest BCUT2D eigenvalue weighted by Gasteiger charge is 2.31. The molecule has 2 heterocycles. The second-order valence-electron chi connectivity index (χ2n) is 5.39. The van der Waals surface area contributed by atoms with E-state index in [1.54, 1.807) is 18.2 Å². The Balaban J connectivity index is 1.72. The fraction of sp³-hybridized carbons (Fsp3) is 0.267. The van der Waals surface area contributed by atoms with Crippen LogP contribution in [0, 0.1) is 0 Å². The molecule has 1 aromatic heterocycles. The monoisotopic (exact) mass is 384 g/mol. The third-order valence-corrected chi connectivity index (χ3v) is 5.03. The molecule has 0 aliphatic carbocycles. The smallest absolute Gasteiger partial charge is 0.331 e. The molecule has 1 N–H and O–H groups in total. The molecule has 0 unspecified atom stereocenters. The molecular formula is C15H14F2N4O4S. The molecule has 1 atom stereocenters. The van der Waals surface area contributed by atoms with Crippen molar-refractivity contribution in [2.75, 3.05) is 0 Å². The zero-order valence-corrected chi connectivity index (χ0v) is 14.3. The fourth-order valence-corrected chi connectivity index (χ4v) is 3.60. The first kappa shape index (κ1) is 18.0. The molecule has 8 nitrogen and oxygen atoms in total. The molecule has 1 aliphatic rings. The first-order valence-corrected chi connectivity index (χ1v) is 8.94. The van der Waals surface area contributed by atoms with Gasteiger partial charge in [-0.15, -0.1) is 0 Å². The van der Waals surface area contributed by atoms with Crippen molar-refractivity contribution >= 4 is 21.8 Å². The van der Waals surface area contributed by atoms with Crippen molar-refractivity contribution in [2.45, 2.75) is 31.0 Å². The lowest BCUT2D eigenvalue weighted by Gasteiger charge is -2.10. The zero-order chi connectivity index (χ0) is 18.9. The molecule has 0 saturated heterocycles. The van der Waals surface area contributed by atoms with Gasteiger partial charge in [0.2, 0.25) is 0 Å². The molecule has 2 aromatic rings. The molecule has 0 bridgehead atoms. The van der Waals surface area contributed by atoms with Gasteiger partial charge >= 0.3 is 12.5 Å². The van der Waals surface area contributed by atoms with Crippen LogP contribution in [-0.2, 0) is 26.2 Å². The van der Waals surface area contributed by atoms with Crippen molar-refractivity contribution in [3.63, 3.8) is 0 Å². The van der Waals surface area contributed by atoms with Gasteiger partial charge in [0.05, 0.1) is 4.90 Å². The van der Waals surface area contributed by atoms with Crippen LogP contribution in [0.3, 0.4) is 0 Å². The predicted octanol–water partition coefficient (Wildman–Crippen LogP) is 1.45. The van der Waals surface area contributed by atoms with Gasteiger partial charge in [-0.25, -0.2) is 18.2 Å². The number of alkyl halides is 2. The van der Waals surface area contributed by atoms with Gasteiger partial charge in [0.15, 0.2) is 5.82 Å². The minimum Gasteiger partial charge on any atom is -0.456 e. The Hall–Kier alpha value is -2.82. The molecule has 0 radical (unpaired) electrons. The van der Waals surface area contributed by atoms with Crippen LogP contribution in [-0.4, -0.2) is 35.8 Å². The molecule has 0 fully saturated rings. The van der Waals surface area contributed by atoms with Gasteiger partial charge in [-0.3, -0.25) is 14.3 Å². The van der Waals surface area contributed by atoms with E-state index in [9.17, 15) is 22.0 Å². The average molecular weight is 384 g/mol. The number of ether oxygens (including phenoxy) is 1. The van der Waals surface area contributed by atoms with E-state index < -0.39 is 35.2 Å². The number of fused-ring (bicyclic) bond motifs is 1. The van der Waals surface area contributed by atoms with Crippen molar-refractivity contribution in [1.29, 1.82) is 0 Å². The lowest BCUT2D eigenvalue weighted by Crippen LogP contribution is -2.27. The summed E-state index contributed by atoms with van der Waals surface area (Å²) in [5.41, 5.74) is 0.348. The van der Waals surface area contributed by atoms with Crippen LogP contribution in [0.2, 0.25) is 0 Å². The average Bonchev–Trinajstić information content (AvgIpc) is 3.16. The largest absolute Gasteiger partial charge is 0.456 e. The summed E-state index contributed by atoms with van der Waals surface area (Å²) in [5, 5.41) is 0. The number of hydrogen-bond donors (Lipinski definition) is 1. The molecule has 138 valence electrons. The Kier molecular flexibility index (Phi) is 4.72. The van der Waals surface area contributed by atoms with E-state index >= 15 is 0 Å². The van der Waals surface area contributed by atoms with Gasteiger partial charge in [0.25, 0.3) is 10.0 Å².